The summed E-state index contributed by atoms with van der Waals surface area (Å²) in [6.45, 7) is 7.78. The summed E-state index contributed by atoms with van der Waals surface area (Å²) in [5.41, 5.74) is 0. The fourth-order valence-corrected chi connectivity index (χ4v) is 0.993. The number of methoxy groups -OCH3 is 1. The molecule has 0 bridgehead atoms. The summed E-state index contributed by atoms with van der Waals surface area (Å²) in [6.07, 6.45) is 0.0489. The summed E-state index contributed by atoms with van der Waals surface area (Å²) in [6, 6.07) is 4.55. The molecule has 0 aliphatic heterocycles. The summed E-state index contributed by atoms with van der Waals surface area (Å²) in [5, 5.41) is 0. The highest BCUT2D eigenvalue weighted by Crippen LogP contribution is 2.22. The van der Waals surface area contributed by atoms with Gasteiger partial charge in [0.2, 0.25) is 0 Å². The van der Waals surface area contributed by atoms with Crippen molar-refractivity contribution in [2.45, 2.75) is 33.8 Å². The predicted molar refractivity (Wildman–Crippen MR) is 60.1 cm³/mol. The monoisotopic (exact) mass is 214 g/mol. The van der Waals surface area contributed by atoms with Crippen molar-refractivity contribution in [3.8, 4) is 11.5 Å². The van der Waals surface area contributed by atoms with Crippen molar-refractivity contribution < 1.29 is 13.9 Å². The van der Waals surface area contributed by atoms with E-state index in [4.69, 9.17) is 9.47 Å². The van der Waals surface area contributed by atoms with Gasteiger partial charge in [0.1, 0.15) is 5.75 Å². The first-order valence-corrected chi connectivity index (χ1v) is 5.13. The third-order valence-electron chi connectivity index (χ3n) is 1.50. The lowest BCUT2D eigenvalue weighted by Gasteiger charge is -2.10. The maximum atomic E-state index is 13.1. The van der Waals surface area contributed by atoms with Crippen molar-refractivity contribution in [3.63, 3.8) is 0 Å². The first-order valence-electron chi connectivity index (χ1n) is 5.13. The third kappa shape index (κ3) is 4.68. The van der Waals surface area contributed by atoms with E-state index >= 15 is 0 Å². The number of rotatable bonds is 3. The third-order valence-corrected chi connectivity index (χ3v) is 1.50. The summed E-state index contributed by atoms with van der Waals surface area (Å²) < 4.78 is 23.2. The van der Waals surface area contributed by atoms with Crippen LogP contribution < -0.4 is 9.47 Å². The standard InChI is InChI=1S/C10H13FO2.C2H6/c1-7(2)13-8-4-5-10(12-3)9(11)6-8;1-2/h4-7H,1-3H3;1-2H3. The van der Waals surface area contributed by atoms with Crippen LogP contribution in [-0.4, -0.2) is 13.2 Å². The molecule has 0 N–H and O–H groups in total. The van der Waals surface area contributed by atoms with Gasteiger partial charge in [-0.05, 0) is 26.0 Å². The van der Waals surface area contributed by atoms with Crippen molar-refractivity contribution >= 4 is 0 Å². The molecule has 1 aromatic rings. The summed E-state index contributed by atoms with van der Waals surface area (Å²) in [5.74, 6) is 0.352. The Morgan fingerprint density at radius 2 is 1.80 bits per heavy atom. The maximum absolute atomic E-state index is 13.1. The van der Waals surface area contributed by atoms with Gasteiger partial charge in [0, 0.05) is 6.07 Å². The van der Waals surface area contributed by atoms with Crippen LogP contribution in [0.25, 0.3) is 0 Å². The van der Waals surface area contributed by atoms with Crippen LogP contribution in [0.2, 0.25) is 0 Å². The molecule has 0 aromatic heterocycles. The minimum atomic E-state index is -0.402. The molecular formula is C12H19FO2. The second kappa shape index (κ2) is 7.10. The molecule has 0 saturated heterocycles. The van der Waals surface area contributed by atoms with E-state index in [9.17, 15) is 4.39 Å². The number of halogens is 1. The van der Waals surface area contributed by atoms with Crippen molar-refractivity contribution in [1.82, 2.24) is 0 Å². The van der Waals surface area contributed by atoms with Crippen molar-refractivity contribution in [1.29, 1.82) is 0 Å². The highest BCUT2D eigenvalue weighted by molar-refractivity contribution is 5.33. The molecule has 0 heterocycles. The zero-order valence-corrected chi connectivity index (χ0v) is 10.0. The van der Waals surface area contributed by atoms with Gasteiger partial charge >= 0.3 is 0 Å². The number of ether oxygens (including phenoxy) is 2. The predicted octanol–water partition coefficient (Wildman–Crippen LogP) is 3.65. The zero-order chi connectivity index (χ0) is 11.8. The van der Waals surface area contributed by atoms with Gasteiger partial charge in [-0.25, -0.2) is 4.39 Å². The van der Waals surface area contributed by atoms with Crippen LogP contribution in [0.15, 0.2) is 18.2 Å². The summed E-state index contributed by atoms with van der Waals surface area (Å²) in [7, 11) is 1.43. The fourth-order valence-electron chi connectivity index (χ4n) is 0.993. The minimum Gasteiger partial charge on any atom is -0.494 e. The average molecular weight is 214 g/mol. The Morgan fingerprint density at radius 3 is 2.20 bits per heavy atom. The van der Waals surface area contributed by atoms with E-state index < -0.39 is 5.82 Å². The van der Waals surface area contributed by atoms with E-state index in [1.807, 2.05) is 27.7 Å². The minimum absolute atomic E-state index is 0.0489. The molecule has 0 radical (unpaired) electrons. The Bertz CT molecular complexity index is 285. The molecule has 0 fully saturated rings. The number of hydrogen-bond acceptors (Lipinski definition) is 2. The Morgan fingerprint density at radius 1 is 1.20 bits per heavy atom. The average Bonchev–Trinajstić information content (AvgIpc) is 2.20. The van der Waals surface area contributed by atoms with Crippen LogP contribution in [0.4, 0.5) is 4.39 Å². The molecule has 1 rings (SSSR count). The Hall–Kier alpha value is -1.25. The Labute approximate surface area is 91.0 Å². The van der Waals surface area contributed by atoms with Gasteiger partial charge in [-0.15, -0.1) is 0 Å². The molecule has 86 valence electrons. The molecule has 0 unspecified atom stereocenters. The molecule has 15 heavy (non-hydrogen) atoms. The highest BCUT2D eigenvalue weighted by Gasteiger charge is 2.04. The van der Waals surface area contributed by atoms with Crippen LogP contribution in [0.3, 0.4) is 0 Å². The topological polar surface area (TPSA) is 18.5 Å². The first-order chi connectivity index (χ1) is 7.13. The zero-order valence-electron chi connectivity index (χ0n) is 10.0. The van der Waals surface area contributed by atoms with Gasteiger partial charge in [0.15, 0.2) is 11.6 Å². The lowest BCUT2D eigenvalue weighted by Crippen LogP contribution is -2.05. The molecule has 0 saturated carbocycles. The molecule has 1 aromatic carbocycles. The van der Waals surface area contributed by atoms with Gasteiger partial charge < -0.3 is 9.47 Å². The number of benzene rings is 1. The maximum Gasteiger partial charge on any atom is 0.168 e. The lowest BCUT2D eigenvalue weighted by atomic mass is 10.3. The molecule has 2 nitrogen and oxygen atoms in total. The number of hydrogen-bond donors (Lipinski definition) is 0. The molecule has 0 aliphatic rings. The molecule has 0 amide bonds. The van der Waals surface area contributed by atoms with Crippen LogP contribution >= 0.6 is 0 Å². The molecular weight excluding hydrogens is 195 g/mol. The van der Waals surface area contributed by atoms with Gasteiger partial charge in [0.05, 0.1) is 13.2 Å². The van der Waals surface area contributed by atoms with Crippen molar-refractivity contribution in [2.24, 2.45) is 0 Å². The lowest BCUT2D eigenvalue weighted by molar-refractivity contribution is 0.240. The first kappa shape index (κ1) is 13.8. The largest absolute Gasteiger partial charge is 0.494 e. The molecule has 3 heteroatoms. The van der Waals surface area contributed by atoms with Crippen LogP contribution in [0.5, 0.6) is 11.5 Å². The SMILES string of the molecule is CC.COc1ccc(OC(C)C)cc1F. The molecule has 0 spiro atoms. The Kier molecular flexibility index (Phi) is 6.50. The van der Waals surface area contributed by atoms with E-state index in [1.54, 1.807) is 12.1 Å². The highest BCUT2D eigenvalue weighted by atomic mass is 19.1. The van der Waals surface area contributed by atoms with E-state index in [-0.39, 0.29) is 11.9 Å². The molecule has 0 aliphatic carbocycles. The van der Waals surface area contributed by atoms with Crippen LogP contribution in [-0.2, 0) is 0 Å². The van der Waals surface area contributed by atoms with E-state index in [1.165, 1.54) is 13.2 Å². The second-order valence-electron chi connectivity index (χ2n) is 2.96. The van der Waals surface area contributed by atoms with Crippen LogP contribution in [0, 0.1) is 5.82 Å². The second-order valence-corrected chi connectivity index (χ2v) is 2.96. The van der Waals surface area contributed by atoms with E-state index in [2.05, 4.69) is 0 Å². The fraction of sp³-hybridized carbons (Fsp3) is 0.500. The summed E-state index contributed by atoms with van der Waals surface area (Å²) in [4.78, 5) is 0. The smallest absolute Gasteiger partial charge is 0.168 e. The van der Waals surface area contributed by atoms with Gasteiger partial charge in [-0.1, -0.05) is 13.8 Å². The summed E-state index contributed by atoms with van der Waals surface area (Å²) >= 11 is 0. The molecule has 0 atom stereocenters. The van der Waals surface area contributed by atoms with Crippen molar-refractivity contribution in [2.75, 3.05) is 7.11 Å². The Balaban J connectivity index is 0.000000921. The normalized spacial score (nSPS) is 9.27. The van der Waals surface area contributed by atoms with E-state index in [0.29, 0.717) is 5.75 Å². The van der Waals surface area contributed by atoms with Crippen LogP contribution in [0.1, 0.15) is 27.7 Å². The van der Waals surface area contributed by atoms with Gasteiger partial charge in [0.25, 0.3) is 0 Å². The quantitative estimate of drug-likeness (QED) is 0.764. The van der Waals surface area contributed by atoms with Gasteiger partial charge in [-0.2, -0.15) is 0 Å². The van der Waals surface area contributed by atoms with Gasteiger partial charge in [-0.3, -0.25) is 0 Å². The van der Waals surface area contributed by atoms with E-state index in [0.717, 1.165) is 0 Å². The van der Waals surface area contributed by atoms with Crippen molar-refractivity contribution in [3.05, 3.63) is 24.0 Å².